The standard InChI is InChI=1S/C12H24N2/c1-9(2)14-12-7-8-13-11-6-4-3-5-10(11)12/h9-14H,3-8H2,1-2H3/t10-,11+,12-/m1/s1. The van der Waals surface area contributed by atoms with Gasteiger partial charge in [0, 0.05) is 18.1 Å². The molecule has 0 spiro atoms. The van der Waals surface area contributed by atoms with Gasteiger partial charge in [-0.3, -0.25) is 0 Å². The van der Waals surface area contributed by atoms with Crippen molar-refractivity contribution in [2.75, 3.05) is 6.54 Å². The van der Waals surface area contributed by atoms with Crippen LogP contribution >= 0.6 is 0 Å². The molecule has 2 N–H and O–H groups in total. The van der Waals surface area contributed by atoms with E-state index in [0.717, 1.165) is 18.0 Å². The van der Waals surface area contributed by atoms with E-state index < -0.39 is 0 Å². The zero-order valence-corrected chi connectivity index (χ0v) is 9.55. The third kappa shape index (κ3) is 2.29. The van der Waals surface area contributed by atoms with Crippen LogP contribution in [0.1, 0.15) is 46.0 Å². The van der Waals surface area contributed by atoms with Crippen LogP contribution in [0.5, 0.6) is 0 Å². The van der Waals surface area contributed by atoms with Gasteiger partial charge in [-0.25, -0.2) is 0 Å². The highest BCUT2D eigenvalue weighted by molar-refractivity contribution is 4.93. The first-order chi connectivity index (χ1) is 6.77. The molecule has 0 unspecified atom stereocenters. The number of hydrogen-bond donors (Lipinski definition) is 2. The second-order valence-corrected chi connectivity index (χ2v) is 5.23. The summed E-state index contributed by atoms with van der Waals surface area (Å²) >= 11 is 0. The van der Waals surface area contributed by atoms with Gasteiger partial charge in [-0.15, -0.1) is 0 Å². The van der Waals surface area contributed by atoms with Gasteiger partial charge >= 0.3 is 0 Å². The van der Waals surface area contributed by atoms with Crippen molar-refractivity contribution in [3.8, 4) is 0 Å². The lowest BCUT2D eigenvalue weighted by Crippen LogP contribution is -2.55. The van der Waals surface area contributed by atoms with Crippen LogP contribution in [0.25, 0.3) is 0 Å². The molecule has 0 radical (unpaired) electrons. The van der Waals surface area contributed by atoms with E-state index in [9.17, 15) is 0 Å². The summed E-state index contributed by atoms with van der Waals surface area (Å²) in [6.45, 7) is 5.74. The summed E-state index contributed by atoms with van der Waals surface area (Å²) in [4.78, 5) is 0. The van der Waals surface area contributed by atoms with Crippen molar-refractivity contribution in [2.24, 2.45) is 5.92 Å². The minimum Gasteiger partial charge on any atom is -0.314 e. The van der Waals surface area contributed by atoms with Crippen molar-refractivity contribution in [3.63, 3.8) is 0 Å². The van der Waals surface area contributed by atoms with E-state index in [1.54, 1.807) is 0 Å². The SMILES string of the molecule is CC(C)N[C@@H]1CCN[C@H]2CCCC[C@H]21. The minimum absolute atomic E-state index is 0.640. The molecule has 1 aliphatic heterocycles. The molecule has 0 aromatic rings. The van der Waals surface area contributed by atoms with Crippen LogP contribution in [0, 0.1) is 5.92 Å². The number of piperidine rings is 1. The summed E-state index contributed by atoms with van der Waals surface area (Å²) in [5.41, 5.74) is 0. The highest BCUT2D eigenvalue weighted by Crippen LogP contribution is 2.30. The Balaban J connectivity index is 1.94. The van der Waals surface area contributed by atoms with Gasteiger partial charge in [0.15, 0.2) is 0 Å². The molecule has 2 fully saturated rings. The molecule has 1 saturated carbocycles. The molecule has 2 rings (SSSR count). The number of nitrogens with one attached hydrogen (secondary N) is 2. The fraction of sp³-hybridized carbons (Fsp3) is 1.00. The summed E-state index contributed by atoms with van der Waals surface area (Å²) in [6.07, 6.45) is 7.03. The lowest BCUT2D eigenvalue weighted by Gasteiger charge is -2.43. The van der Waals surface area contributed by atoms with E-state index >= 15 is 0 Å². The monoisotopic (exact) mass is 196 g/mol. The Morgan fingerprint density at radius 2 is 1.93 bits per heavy atom. The number of rotatable bonds is 2. The highest BCUT2D eigenvalue weighted by atomic mass is 15.0. The quantitative estimate of drug-likeness (QED) is 0.705. The molecule has 2 nitrogen and oxygen atoms in total. The molecule has 82 valence electrons. The molecule has 1 saturated heterocycles. The zero-order valence-electron chi connectivity index (χ0n) is 9.55. The van der Waals surface area contributed by atoms with Crippen molar-refractivity contribution >= 4 is 0 Å². The first-order valence-corrected chi connectivity index (χ1v) is 6.27. The minimum atomic E-state index is 0.640. The summed E-state index contributed by atoms with van der Waals surface area (Å²) in [6, 6.07) is 2.23. The second-order valence-electron chi connectivity index (χ2n) is 5.23. The van der Waals surface area contributed by atoms with Crippen LogP contribution < -0.4 is 10.6 Å². The molecule has 3 atom stereocenters. The Kier molecular flexibility index (Phi) is 3.45. The van der Waals surface area contributed by atoms with Gasteiger partial charge in [-0.1, -0.05) is 26.7 Å². The average Bonchev–Trinajstić information content (AvgIpc) is 2.18. The van der Waals surface area contributed by atoms with E-state index in [4.69, 9.17) is 0 Å². The predicted molar refractivity (Wildman–Crippen MR) is 60.4 cm³/mol. The van der Waals surface area contributed by atoms with Crippen LogP contribution in [-0.2, 0) is 0 Å². The van der Waals surface area contributed by atoms with Gasteiger partial charge in [0.25, 0.3) is 0 Å². The maximum absolute atomic E-state index is 3.74. The molecule has 0 bridgehead atoms. The maximum atomic E-state index is 3.74. The smallest absolute Gasteiger partial charge is 0.0125 e. The van der Waals surface area contributed by atoms with Gasteiger partial charge in [-0.05, 0) is 31.7 Å². The first kappa shape index (κ1) is 10.4. The summed E-state index contributed by atoms with van der Waals surface area (Å²) in [5, 5.41) is 7.43. The second kappa shape index (κ2) is 4.63. The van der Waals surface area contributed by atoms with E-state index in [2.05, 4.69) is 24.5 Å². The van der Waals surface area contributed by atoms with Crippen LogP contribution in [0.2, 0.25) is 0 Å². The lowest BCUT2D eigenvalue weighted by molar-refractivity contribution is 0.155. The van der Waals surface area contributed by atoms with Crippen molar-refractivity contribution < 1.29 is 0 Å². The van der Waals surface area contributed by atoms with E-state index in [-0.39, 0.29) is 0 Å². The molecule has 2 aliphatic rings. The van der Waals surface area contributed by atoms with Gasteiger partial charge in [0.2, 0.25) is 0 Å². The van der Waals surface area contributed by atoms with Crippen molar-refractivity contribution in [3.05, 3.63) is 0 Å². The topological polar surface area (TPSA) is 24.1 Å². The van der Waals surface area contributed by atoms with Crippen LogP contribution in [0.15, 0.2) is 0 Å². The van der Waals surface area contributed by atoms with Crippen molar-refractivity contribution in [2.45, 2.75) is 64.1 Å². The number of hydrogen-bond acceptors (Lipinski definition) is 2. The van der Waals surface area contributed by atoms with Crippen LogP contribution in [0.4, 0.5) is 0 Å². The lowest BCUT2D eigenvalue weighted by atomic mass is 9.76. The predicted octanol–water partition coefficient (Wildman–Crippen LogP) is 1.91. The summed E-state index contributed by atoms with van der Waals surface area (Å²) in [7, 11) is 0. The normalized spacial score (nSPS) is 38.4. The zero-order chi connectivity index (χ0) is 9.97. The van der Waals surface area contributed by atoms with Crippen LogP contribution in [-0.4, -0.2) is 24.7 Å². The third-order valence-electron chi connectivity index (χ3n) is 3.75. The Hall–Kier alpha value is -0.0800. The molecule has 0 amide bonds. The van der Waals surface area contributed by atoms with Gasteiger partial charge in [0.1, 0.15) is 0 Å². The van der Waals surface area contributed by atoms with Crippen LogP contribution in [0.3, 0.4) is 0 Å². The summed E-state index contributed by atoms with van der Waals surface area (Å²) < 4.78 is 0. The van der Waals surface area contributed by atoms with E-state index in [0.29, 0.717) is 6.04 Å². The van der Waals surface area contributed by atoms with Gasteiger partial charge in [-0.2, -0.15) is 0 Å². The maximum Gasteiger partial charge on any atom is 0.0125 e. The molecule has 0 aromatic carbocycles. The van der Waals surface area contributed by atoms with Gasteiger partial charge in [0.05, 0.1) is 0 Å². The first-order valence-electron chi connectivity index (χ1n) is 6.27. The molecular formula is C12H24N2. The molecule has 2 heteroatoms. The molecule has 0 aromatic heterocycles. The number of fused-ring (bicyclic) bond motifs is 1. The third-order valence-corrected chi connectivity index (χ3v) is 3.75. The molecule has 1 heterocycles. The highest BCUT2D eigenvalue weighted by Gasteiger charge is 2.34. The average molecular weight is 196 g/mol. The molecule has 14 heavy (non-hydrogen) atoms. The Labute approximate surface area is 87.8 Å². The largest absolute Gasteiger partial charge is 0.314 e. The van der Waals surface area contributed by atoms with Gasteiger partial charge < -0.3 is 10.6 Å². The summed E-state index contributed by atoms with van der Waals surface area (Å²) in [5.74, 6) is 0.903. The van der Waals surface area contributed by atoms with E-state index in [1.807, 2.05) is 0 Å². The fourth-order valence-corrected chi connectivity index (χ4v) is 3.17. The Morgan fingerprint density at radius 3 is 2.71 bits per heavy atom. The fourth-order valence-electron chi connectivity index (χ4n) is 3.17. The Bertz CT molecular complexity index is 177. The molecular weight excluding hydrogens is 172 g/mol. The Morgan fingerprint density at radius 1 is 1.14 bits per heavy atom. The van der Waals surface area contributed by atoms with Crippen molar-refractivity contribution in [1.29, 1.82) is 0 Å². The van der Waals surface area contributed by atoms with E-state index in [1.165, 1.54) is 38.6 Å². The van der Waals surface area contributed by atoms with Crippen molar-refractivity contribution in [1.82, 2.24) is 10.6 Å². The molecule has 1 aliphatic carbocycles.